The molecule has 0 radical (unpaired) electrons. The molecule has 0 amide bonds. The minimum atomic E-state index is -1.16. The normalized spacial score (nSPS) is 11.3. The standard InChI is InChI=1S/C24H26O3/c1-17-6-5-7-18(2)23(17)16-24(25,19-8-12-21(26-3)13-9-19)20-10-14-22(27-4)15-11-20/h5-15,25H,16H2,1-4H3. The highest BCUT2D eigenvalue weighted by Gasteiger charge is 2.33. The highest BCUT2D eigenvalue weighted by Crippen LogP contribution is 2.36. The van der Waals surface area contributed by atoms with Gasteiger partial charge in [-0.05, 0) is 65.9 Å². The number of benzene rings is 3. The lowest BCUT2D eigenvalue weighted by molar-refractivity contribution is 0.0807. The van der Waals surface area contributed by atoms with E-state index in [-0.39, 0.29) is 0 Å². The summed E-state index contributed by atoms with van der Waals surface area (Å²) in [5.74, 6) is 1.53. The smallest absolute Gasteiger partial charge is 0.119 e. The maximum atomic E-state index is 11.9. The first-order valence-electron chi connectivity index (χ1n) is 9.04. The zero-order valence-electron chi connectivity index (χ0n) is 16.3. The number of rotatable bonds is 6. The maximum Gasteiger partial charge on any atom is 0.119 e. The molecule has 0 saturated heterocycles. The molecule has 0 atom stereocenters. The van der Waals surface area contributed by atoms with Crippen molar-refractivity contribution >= 4 is 0 Å². The van der Waals surface area contributed by atoms with Crippen molar-refractivity contribution in [1.29, 1.82) is 0 Å². The molecule has 0 aliphatic carbocycles. The Labute approximate surface area is 161 Å². The van der Waals surface area contributed by atoms with E-state index in [1.807, 2.05) is 54.6 Å². The van der Waals surface area contributed by atoms with Crippen LogP contribution in [0.5, 0.6) is 11.5 Å². The van der Waals surface area contributed by atoms with Gasteiger partial charge in [0, 0.05) is 6.42 Å². The summed E-state index contributed by atoms with van der Waals surface area (Å²) in [6.07, 6.45) is 0.490. The van der Waals surface area contributed by atoms with Crippen molar-refractivity contribution in [2.75, 3.05) is 14.2 Å². The van der Waals surface area contributed by atoms with E-state index in [1.165, 1.54) is 11.1 Å². The summed E-state index contributed by atoms with van der Waals surface area (Å²) in [5, 5.41) is 11.9. The quantitative estimate of drug-likeness (QED) is 0.685. The first-order chi connectivity index (χ1) is 13.0. The highest BCUT2D eigenvalue weighted by atomic mass is 16.5. The molecule has 27 heavy (non-hydrogen) atoms. The number of aryl methyl sites for hydroxylation is 2. The second kappa shape index (κ2) is 7.85. The molecule has 0 aliphatic rings. The fourth-order valence-corrected chi connectivity index (χ4v) is 3.49. The Morgan fingerprint density at radius 3 is 1.48 bits per heavy atom. The van der Waals surface area contributed by atoms with Gasteiger partial charge >= 0.3 is 0 Å². The predicted molar refractivity (Wildman–Crippen MR) is 109 cm³/mol. The Kier molecular flexibility index (Phi) is 5.52. The summed E-state index contributed by atoms with van der Waals surface area (Å²) >= 11 is 0. The largest absolute Gasteiger partial charge is 0.497 e. The summed E-state index contributed by atoms with van der Waals surface area (Å²) in [6, 6.07) is 21.5. The average molecular weight is 362 g/mol. The fourth-order valence-electron chi connectivity index (χ4n) is 3.49. The van der Waals surface area contributed by atoms with Crippen LogP contribution in [0.3, 0.4) is 0 Å². The molecule has 0 unspecified atom stereocenters. The molecule has 140 valence electrons. The molecule has 3 heteroatoms. The van der Waals surface area contributed by atoms with Crippen molar-refractivity contribution in [1.82, 2.24) is 0 Å². The average Bonchev–Trinajstić information content (AvgIpc) is 2.71. The van der Waals surface area contributed by atoms with Crippen molar-refractivity contribution in [3.05, 3.63) is 94.5 Å². The van der Waals surface area contributed by atoms with Gasteiger partial charge in [0.25, 0.3) is 0 Å². The van der Waals surface area contributed by atoms with Gasteiger partial charge < -0.3 is 14.6 Å². The second-order valence-corrected chi connectivity index (χ2v) is 6.86. The number of hydrogen-bond donors (Lipinski definition) is 1. The zero-order chi connectivity index (χ0) is 19.4. The van der Waals surface area contributed by atoms with Gasteiger partial charge in [-0.2, -0.15) is 0 Å². The van der Waals surface area contributed by atoms with E-state index in [4.69, 9.17) is 9.47 Å². The highest BCUT2D eigenvalue weighted by molar-refractivity contribution is 5.45. The van der Waals surface area contributed by atoms with Crippen LogP contribution in [0.15, 0.2) is 66.7 Å². The van der Waals surface area contributed by atoms with Crippen LogP contribution < -0.4 is 9.47 Å². The van der Waals surface area contributed by atoms with Gasteiger partial charge in [-0.15, -0.1) is 0 Å². The van der Waals surface area contributed by atoms with Crippen LogP contribution in [-0.2, 0) is 12.0 Å². The molecule has 3 rings (SSSR count). The van der Waals surface area contributed by atoms with Crippen LogP contribution in [0.4, 0.5) is 0 Å². The molecule has 3 aromatic carbocycles. The summed E-state index contributed by atoms with van der Waals surface area (Å²) in [4.78, 5) is 0. The summed E-state index contributed by atoms with van der Waals surface area (Å²) in [7, 11) is 3.28. The lowest BCUT2D eigenvalue weighted by atomic mass is 9.79. The predicted octanol–water partition coefficient (Wildman–Crippen LogP) is 4.80. The molecule has 0 fully saturated rings. The summed E-state index contributed by atoms with van der Waals surface area (Å²) in [5.41, 5.74) is 4.01. The minimum Gasteiger partial charge on any atom is -0.497 e. The number of ether oxygens (including phenoxy) is 2. The van der Waals surface area contributed by atoms with Gasteiger partial charge in [0.05, 0.1) is 14.2 Å². The molecule has 0 saturated carbocycles. The third-order valence-corrected chi connectivity index (χ3v) is 5.21. The molecule has 3 aromatic rings. The van der Waals surface area contributed by atoms with Gasteiger partial charge in [0.1, 0.15) is 17.1 Å². The first kappa shape index (κ1) is 19.0. The molecule has 3 nitrogen and oxygen atoms in total. The Morgan fingerprint density at radius 2 is 1.11 bits per heavy atom. The molecule has 0 aromatic heterocycles. The fraction of sp³-hybridized carbons (Fsp3) is 0.250. The lowest BCUT2D eigenvalue weighted by Gasteiger charge is -2.31. The van der Waals surface area contributed by atoms with Crippen LogP contribution in [0.1, 0.15) is 27.8 Å². The molecular weight excluding hydrogens is 336 g/mol. The molecule has 0 bridgehead atoms. The van der Waals surface area contributed by atoms with Gasteiger partial charge in [-0.25, -0.2) is 0 Å². The van der Waals surface area contributed by atoms with E-state index >= 15 is 0 Å². The monoisotopic (exact) mass is 362 g/mol. The summed E-state index contributed by atoms with van der Waals surface area (Å²) in [6.45, 7) is 4.18. The van der Waals surface area contributed by atoms with Crippen LogP contribution in [0.25, 0.3) is 0 Å². The van der Waals surface area contributed by atoms with Gasteiger partial charge in [-0.3, -0.25) is 0 Å². The molecule has 0 aliphatic heterocycles. The Morgan fingerprint density at radius 1 is 0.704 bits per heavy atom. The van der Waals surface area contributed by atoms with Gasteiger partial charge in [0.15, 0.2) is 0 Å². The number of methoxy groups -OCH3 is 2. The van der Waals surface area contributed by atoms with E-state index in [9.17, 15) is 5.11 Å². The van der Waals surface area contributed by atoms with E-state index < -0.39 is 5.60 Å². The maximum absolute atomic E-state index is 11.9. The molecule has 1 N–H and O–H groups in total. The van der Waals surface area contributed by atoms with E-state index in [0.717, 1.165) is 28.2 Å². The number of hydrogen-bond acceptors (Lipinski definition) is 3. The van der Waals surface area contributed by atoms with Crippen LogP contribution in [0.2, 0.25) is 0 Å². The van der Waals surface area contributed by atoms with Crippen molar-refractivity contribution < 1.29 is 14.6 Å². The topological polar surface area (TPSA) is 38.7 Å². The minimum absolute atomic E-state index is 0.490. The third kappa shape index (κ3) is 3.83. The summed E-state index contributed by atoms with van der Waals surface area (Å²) < 4.78 is 10.6. The van der Waals surface area contributed by atoms with Gasteiger partial charge in [0.2, 0.25) is 0 Å². The van der Waals surface area contributed by atoms with Crippen LogP contribution in [0, 0.1) is 13.8 Å². The first-order valence-corrected chi connectivity index (χ1v) is 9.04. The van der Waals surface area contributed by atoms with Crippen molar-refractivity contribution in [3.63, 3.8) is 0 Å². The van der Waals surface area contributed by atoms with Crippen LogP contribution >= 0.6 is 0 Å². The van der Waals surface area contributed by atoms with Gasteiger partial charge in [-0.1, -0.05) is 42.5 Å². The Bertz CT molecular complexity index is 828. The zero-order valence-corrected chi connectivity index (χ0v) is 16.3. The number of aliphatic hydroxyl groups is 1. The lowest BCUT2D eigenvalue weighted by Crippen LogP contribution is -2.30. The molecule has 0 heterocycles. The Hall–Kier alpha value is -2.78. The SMILES string of the molecule is COc1ccc(C(O)(Cc2c(C)cccc2C)c2ccc(OC)cc2)cc1. The van der Waals surface area contributed by atoms with Crippen LogP contribution in [-0.4, -0.2) is 19.3 Å². The van der Waals surface area contributed by atoms with E-state index in [2.05, 4.69) is 26.0 Å². The van der Waals surface area contributed by atoms with Crippen molar-refractivity contribution in [2.24, 2.45) is 0 Å². The second-order valence-electron chi connectivity index (χ2n) is 6.86. The van der Waals surface area contributed by atoms with Crippen molar-refractivity contribution in [3.8, 4) is 11.5 Å². The molecule has 0 spiro atoms. The van der Waals surface area contributed by atoms with Crippen molar-refractivity contribution in [2.45, 2.75) is 25.9 Å². The third-order valence-electron chi connectivity index (χ3n) is 5.21. The van der Waals surface area contributed by atoms with E-state index in [0.29, 0.717) is 6.42 Å². The van der Waals surface area contributed by atoms with E-state index in [1.54, 1.807) is 14.2 Å². The molecular formula is C24H26O3. The Balaban J connectivity index is 2.12.